The van der Waals surface area contributed by atoms with Crippen molar-refractivity contribution in [2.75, 3.05) is 12.4 Å². The maximum absolute atomic E-state index is 5.28. The fourth-order valence-electron chi connectivity index (χ4n) is 2.50. The Morgan fingerprint density at radius 1 is 1.10 bits per heavy atom. The number of methoxy groups -OCH3 is 1. The molecule has 21 heavy (non-hydrogen) atoms. The molecule has 2 aromatic carbocycles. The highest BCUT2D eigenvalue weighted by Crippen LogP contribution is 2.22. The first-order valence-corrected chi connectivity index (χ1v) is 6.99. The first-order chi connectivity index (χ1) is 10.3. The molecule has 0 spiro atoms. The van der Waals surface area contributed by atoms with Gasteiger partial charge in [0.1, 0.15) is 5.75 Å². The molecule has 1 heterocycles. The molecule has 0 aliphatic heterocycles. The van der Waals surface area contributed by atoms with Gasteiger partial charge in [0.2, 0.25) is 0 Å². The molecule has 0 amide bonds. The molecule has 0 saturated carbocycles. The number of pyridine rings is 1. The summed E-state index contributed by atoms with van der Waals surface area (Å²) in [5.74, 6) is 0.910. The molecule has 0 fully saturated rings. The normalized spacial score (nSPS) is 10.6. The Labute approximate surface area is 124 Å². The van der Waals surface area contributed by atoms with Crippen LogP contribution in [0.4, 0.5) is 5.69 Å². The smallest absolute Gasteiger partial charge is 0.121 e. The van der Waals surface area contributed by atoms with Gasteiger partial charge in [-0.25, -0.2) is 0 Å². The summed E-state index contributed by atoms with van der Waals surface area (Å²) < 4.78 is 5.28. The number of para-hydroxylation sites is 1. The molecule has 0 aliphatic carbocycles. The minimum atomic E-state index is 0.750. The van der Waals surface area contributed by atoms with E-state index in [0.29, 0.717) is 0 Å². The third kappa shape index (κ3) is 2.82. The van der Waals surface area contributed by atoms with Crippen LogP contribution in [-0.4, -0.2) is 12.1 Å². The maximum atomic E-state index is 5.28. The quantitative estimate of drug-likeness (QED) is 0.778. The van der Waals surface area contributed by atoms with E-state index in [1.807, 2.05) is 31.3 Å². The second-order valence-electron chi connectivity index (χ2n) is 5.03. The van der Waals surface area contributed by atoms with Gasteiger partial charge in [-0.15, -0.1) is 0 Å². The van der Waals surface area contributed by atoms with Crippen LogP contribution in [0.3, 0.4) is 0 Å². The Balaban J connectivity index is 1.82. The summed E-state index contributed by atoms with van der Waals surface area (Å²) in [5.41, 5.74) is 4.46. The lowest BCUT2D eigenvalue weighted by molar-refractivity contribution is 0.412. The van der Waals surface area contributed by atoms with Crippen molar-refractivity contribution >= 4 is 16.6 Å². The van der Waals surface area contributed by atoms with Crippen LogP contribution in [0.25, 0.3) is 10.9 Å². The Kier molecular flexibility index (Phi) is 3.73. The minimum Gasteiger partial charge on any atom is -0.496 e. The average molecular weight is 278 g/mol. The van der Waals surface area contributed by atoms with Gasteiger partial charge in [-0.2, -0.15) is 0 Å². The largest absolute Gasteiger partial charge is 0.496 e. The molecule has 1 aromatic heterocycles. The van der Waals surface area contributed by atoms with E-state index >= 15 is 0 Å². The summed E-state index contributed by atoms with van der Waals surface area (Å²) in [5, 5.41) is 4.62. The molecular formula is C18H18N2O. The van der Waals surface area contributed by atoms with Gasteiger partial charge in [0.25, 0.3) is 0 Å². The van der Waals surface area contributed by atoms with Gasteiger partial charge in [0.05, 0.1) is 12.6 Å². The molecule has 0 radical (unpaired) electrons. The molecule has 0 atom stereocenters. The number of fused-ring (bicyclic) bond motifs is 1. The van der Waals surface area contributed by atoms with Gasteiger partial charge in [0.15, 0.2) is 0 Å². The van der Waals surface area contributed by atoms with Crippen LogP contribution in [0.2, 0.25) is 0 Å². The summed E-state index contributed by atoms with van der Waals surface area (Å²) in [6, 6.07) is 16.4. The van der Waals surface area contributed by atoms with Crippen molar-refractivity contribution in [1.82, 2.24) is 4.98 Å². The highest BCUT2D eigenvalue weighted by atomic mass is 16.5. The first-order valence-electron chi connectivity index (χ1n) is 6.99. The van der Waals surface area contributed by atoms with Gasteiger partial charge in [-0.3, -0.25) is 4.98 Å². The Hall–Kier alpha value is -2.55. The number of nitrogens with zero attached hydrogens (tertiary/aromatic N) is 1. The predicted molar refractivity (Wildman–Crippen MR) is 86.8 cm³/mol. The van der Waals surface area contributed by atoms with E-state index in [-0.39, 0.29) is 0 Å². The van der Waals surface area contributed by atoms with E-state index in [2.05, 4.69) is 40.6 Å². The predicted octanol–water partition coefficient (Wildman–Crippen LogP) is 4.16. The van der Waals surface area contributed by atoms with E-state index in [9.17, 15) is 0 Å². The zero-order valence-corrected chi connectivity index (χ0v) is 12.3. The Morgan fingerprint density at radius 3 is 2.76 bits per heavy atom. The van der Waals surface area contributed by atoms with Crippen LogP contribution in [0, 0.1) is 6.92 Å². The monoisotopic (exact) mass is 278 g/mol. The molecule has 3 rings (SSSR count). The number of benzene rings is 2. The third-order valence-corrected chi connectivity index (χ3v) is 3.59. The number of rotatable bonds is 4. The van der Waals surface area contributed by atoms with Gasteiger partial charge in [-0.05, 0) is 42.3 Å². The zero-order chi connectivity index (χ0) is 14.7. The van der Waals surface area contributed by atoms with Crippen molar-refractivity contribution in [3.05, 3.63) is 65.9 Å². The fourth-order valence-corrected chi connectivity index (χ4v) is 2.50. The maximum Gasteiger partial charge on any atom is 0.121 e. The molecule has 0 saturated heterocycles. The van der Waals surface area contributed by atoms with Crippen LogP contribution in [0.1, 0.15) is 11.1 Å². The summed E-state index contributed by atoms with van der Waals surface area (Å²) in [7, 11) is 1.69. The molecule has 3 heteroatoms. The van der Waals surface area contributed by atoms with Crippen LogP contribution in [-0.2, 0) is 6.54 Å². The lowest BCUT2D eigenvalue weighted by atomic mass is 10.1. The SMILES string of the molecule is COc1ccc(NCc2cccc3cccnc23)cc1C. The van der Waals surface area contributed by atoms with Crippen molar-refractivity contribution < 1.29 is 4.74 Å². The number of hydrogen-bond acceptors (Lipinski definition) is 3. The molecular weight excluding hydrogens is 260 g/mol. The lowest BCUT2D eigenvalue weighted by Crippen LogP contribution is -2.01. The summed E-state index contributed by atoms with van der Waals surface area (Å²) in [6.45, 7) is 2.80. The van der Waals surface area contributed by atoms with E-state index in [0.717, 1.165) is 29.1 Å². The third-order valence-electron chi connectivity index (χ3n) is 3.59. The van der Waals surface area contributed by atoms with Crippen LogP contribution in [0.5, 0.6) is 5.75 Å². The first kappa shape index (κ1) is 13.4. The van der Waals surface area contributed by atoms with Crippen LogP contribution in [0.15, 0.2) is 54.7 Å². The van der Waals surface area contributed by atoms with Gasteiger partial charge < -0.3 is 10.1 Å². The van der Waals surface area contributed by atoms with Gasteiger partial charge in [-0.1, -0.05) is 24.3 Å². The standard InChI is InChI=1S/C18H18N2O/c1-13-11-16(8-9-17(13)21-2)20-12-15-6-3-5-14-7-4-10-19-18(14)15/h3-11,20H,12H2,1-2H3. The topological polar surface area (TPSA) is 34.1 Å². The molecule has 0 bridgehead atoms. The van der Waals surface area contributed by atoms with E-state index < -0.39 is 0 Å². The summed E-state index contributed by atoms with van der Waals surface area (Å²) in [6.07, 6.45) is 1.84. The average Bonchev–Trinajstić information content (AvgIpc) is 2.53. The molecule has 0 aliphatic rings. The van der Waals surface area contributed by atoms with Crippen molar-refractivity contribution in [1.29, 1.82) is 0 Å². The zero-order valence-electron chi connectivity index (χ0n) is 12.3. The lowest BCUT2D eigenvalue weighted by Gasteiger charge is -2.11. The van der Waals surface area contributed by atoms with Crippen LogP contribution >= 0.6 is 0 Å². The van der Waals surface area contributed by atoms with E-state index in [1.165, 1.54) is 10.9 Å². The van der Waals surface area contributed by atoms with Crippen molar-refractivity contribution in [3.8, 4) is 5.75 Å². The summed E-state index contributed by atoms with van der Waals surface area (Å²) >= 11 is 0. The van der Waals surface area contributed by atoms with E-state index in [4.69, 9.17) is 4.74 Å². The number of aromatic nitrogens is 1. The number of nitrogens with one attached hydrogen (secondary N) is 1. The highest BCUT2D eigenvalue weighted by molar-refractivity contribution is 5.81. The molecule has 1 N–H and O–H groups in total. The number of aryl methyl sites for hydroxylation is 1. The second-order valence-corrected chi connectivity index (χ2v) is 5.03. The molecule has 106 valence electrons. The van der Waals surface area contributed by atoms with Crippen molar-refractivity contribution in [3.63, 3.8) is 0 Å². The molecule has 3 aromatic rings. The summed E-state index contributed by atoms with van der Waals surface area (Å²) in [4.78, 5) is 4.48. The fraction of sp³-hybridized carbons (Fsp3) is 0.167. The number of anilines is 1. The minimum absolute atomic E-state index is 0.750. The number of ether oxygens (including phenoxy) is 1. The van der Waals surface area contributed by atoms with Gasteiger partial charge in [0, 0.05) is 23.8 Å². The van der Waals surface area contributed by atoms with Crippen LogP contribution < -0.4 is 10.1 Å². The van der Waals surface area contributed by atoms with Crippen molar-refractivity contribution in [2.45, 2.75) is 13.5 Å². The highest BCUT2D eigenvalue weighted by Gasteiger charge is 2.03. The Bertz CT molecular complexity index is 763. The van der Waals surface area contributed by atoms with E-state index in [1.54, 1.807) is 7.11 Å². The molecule has 3 nitrogen and oxygen atoms in total. The Morgan fingerprint density at radius 2 is 1.95 bits per heavy atom. The second kappa shape index (κ2) is 5.83. The van der Waals surface area contributed by atoms with Gasteiger partial charge >= 0.3 is 0 Å². The number of hydrogen-bond donors (Lipinski definition) is 1. The van der Waals surface area contributed by atoms with Crippen molar-refractivity contribution in [2.24, 2.45) is 0 Å². The molecule has 0 unspecified atom stereocenters.